The van der Waals surface area contributed by atoms with Crippen molar-refractivity contribution in [2.24, 2.45) is 0 Å². The summed E-state index contributed by atoms with van der Waals surface area (Å²) in [5.41, 5.74) is 3.53. The minimum absolute atomic E-state index is 0.182. The minimum Gasteiger partial charge on any atom is -0.480 e. The normalized spacial score (nSPS) is 22.5. The third-order valence-electron chi connectivity index (χ3n) is 9.00. The van der Waals surface area contributed by atoms with Gasteiger partial charge in [0.15, 0.2) is 0 Å². The smallest absolute Gasteiger partial charge is 0.327 e. The second-order valence-electron chi connectivity index (χ2n) is 12.9. The molecule has 12 heteroatoms. The second kappa shape index (κ2) is 18.7. The lowest BCUT2D eigenvalue weighted by Crippen LogP contribution is -2.70. The number of carboxylic acid groups (broad SMARTS) is 1. The number of aliphatic carboxylic acids is 1. The summed E-state index contributed by atoms with van der Waals surface area (Å²) in [6.07, 6.45) is 3.65. The summed E-state index contributed by atoms with van der Waals surface area (Å²) in [5.74, 6) is -1.09. The van der Waals surface area contributed by atoms with Gasteiger partial charge in [-0.3, -0.25) is 9.59 Å². The standard InChI is InChI=1S/C22H27N3O4S3.C16H20N2/c1-22(13-31-21(30)24-10-6-3-7-11-24)17(20(28)29)25-18(27)16(19(25)32-22)23-15(26)12-14-8-4-2-5-9-14;1-3-7-15(8-4-1)13-17-11-12-18-14-16-9-5-2-6-10-16/h2,4-5,8-9,16-17,19H,3,6-7,10-13H2,1H3,(H,23,26)(H,28,29);1-10,17-18H,11-14H2/t16?,17?,19-,22?;/m1./s1. The number of carbonyl (C=O) groups excluding carboxylic acids is 2. The SMILES string of the molecule is CC1(CSC(=S)N2CCCCC2)S[C@@H]2C(NC(=O)Cc3ccccc3)C(=O)N2C1C(=O)O.c1ccc(CNCCNCc2ccccc2)cc1. The maximum Gasteiger partial charge on any atom is 0.327 e. The highest BCUT2D eigenvalue weighted by Crippen LogP contribution is 2.52. The van der Waals surface area contributed by atoms with Gasteiger partial charge in [-0.2, -0.15) is 0 Å². The number of nitrogens with zero attached hydrogens (tertiary/aromatic N) is 2. The van der Waals surface area contributed by atoms with E-state index in [0.29, 0.717) is 5.75 Å². The molecule has 0 aliphatic carbocycles. The lowest BCUT2D eigenvalue weighted by molar-refractivity contribution is -0.161. The molecule has 0 spiro atoms. The zero-order valence-corrected chi connectivity index (χ0v) is 30.9. The van der Waals surface area contributed by atoms with Crippen LogP contribution in [0.2, 0.25) is 0 Å². The molecule has 3 aliphatic heterocycles. The average Bonchev–Trinajstić information content (AvgIpc) is 3.43. The van der Waals surface area contributed by atoms with Crippen molar-refractivity contribution in [1.82, 2.24) is 25.8 Å². The fourth-order valence-electron chi connectivity index (χ4n) is 6.36. The van der Waals surface area contributed by atoms with E-state index in [9.17, 15) is 19.5 Å². The van der Waals surface area contributed by atoms with Gasteiger partial charge in [0.2, 0.25) is 11.8 Å². The summed E-state index contributed by atoms with van der Waals surface area (Å²) >= 11 is 8.55. The predicted molar refractivity (Wildman–Crippen MR) is 207 cm³/mol. The van der Waals surface area contributed by atoms with Crippen molar-refractivity contribution in [2.45, 2.75) is 67.9 Å². The number of carbonyl (C=O) groups is 3. The Labute approximate surface area is 309 Å². The summed E-state index contributed by atoms with van der Waals surface area (Å²) in [4.78, 5) is 41.0. The van der Waals surface area contributed by atoms with E-state index in [1.807, 2.05) is 49.4 Å². The summed E-state index contributed by atoms with van der Waals surface area (Å²) in [5, 5.41) is 19.2. The molecule has 0 radical (unpaired) electrons. The summed E-state index contributed by atoms with van der Waals surface area (Å²) in [7, 11) is 0. The molecule has 2 amide bonds. The van der Waals surface area contributed by atoms with Crippen LogP contribution in [0, 0.1) is 0 Å². The van der Waals surface area contributed by atoms with Crippen LogP contribution >= 0.6 is 35.7 Å². The van der Waals surface area contributed by atoms with E-state index >= 15 is 0 Å². The molecule has 4 N–H and O–H groups in total. The maximum atomic E-state index is 12.8. The number of hydrogen-bond donors (Lipinski definition) is 4. The van der Waals surface area contributed by atoms with Crippen molar-refractivity contribution in [3.05, 3.63) is 108 Å². The van der Waals surface area contributed by atoms with Gasteiger partial charge < -0.3 is 30.9 Å². The van der Waals surface area contributed by atoms with Crippen molar-refractivity contribution in [3.8, 4) is 0 Å². The molecule has 6 rings (SSSR count). The van der Waals surface area contributed by atoms with Crippen molar-refractivity contribution in [1.29, 1.82) is 0 Å². The first-order chi connectivity index (χ1) is 24.2. The Morgan fingerprint density at radius 2 is 1.38 bits per heavy atom. The number of piperidine rings is 1. The fraction of sp³-hybridized carbons (Fsp3) is 0.421. The number of rotatable bonds is 13. The Balaban J connectivity index is 0.000000228. The number of carboxylic acids is 1. The molecule has 0 bridgehead atoms. The van der Waals surface area contributed by atoms with Crippen LogP contribution in [0.25, 0.3) is 0 Å². The zero-order valence-electron chi connectivity index (χ0n) is 28.5. The van der Waals surface area contributed by atoms with Crippen LogP contribution in [0.5, 0.6) is 0 Å². The molecular weight excluding hydrogens is 687 g/mol. The maximum absolute atomic E-state index is 12.8. The fourth-order valence-corrected chi connectivity index (χ4v) is 9.65. The monoisotopic (exact) mass is 733 g/mol. The molecule has 3 aromatic carbocycles. The molecule has 4 atom stereocenters. The van der Waals surface area contributed by atoms with Gasteiger partial charge in [-0.15, -0.1) is 11.8 Å². The highest BCUT2D eigenvalue weighted by molar-refractivity contribution is 8.23. The van der Waals surface area contributed by atoms with Crippen molar-refractivity contribution in [3.63, 3.8) is 0 Å². The van der Waals surface area contributed by atoms with Gasteiger partial charge in [0.1, 0.15) is 21.8 Å². The number of thioether (sulfide) groups is 2. The summed E-state index contributed by atoms with van der Waals surface area (Å²) < 4.78 is 0.0965. The van der Waals surface area contributed by atoms with Crippen molar-refractivity contribution < 1.29 is 19.5 Å². The number of benzene rings is 3. The molecular formula is C38H47N5O4S3. The van der Waals surface area contributed by atoms with Crippen molar-refractivity contribution >= 4 is 57.8 Å². The largest absolute Gasteiger partial charge is 0.480 e. The molecule has 266 valence electrons. The third kappa shape index (κ3) is 10.3. The van der Waals surface area contributed by atoms with Crippen LogP contribution in [0.15, 0.2) is 91.0 Å². The number of thiocarbonyl (C=S) groups is 1. The van der Waals surface area contributed by atoms with Crippen molar-refractivity contribution in [2.75, 3.05) is 31.9 Å². The number of hydrogen-bond acceptors (Lipinski definition) is 8. The molecule has 3 unspecified atom stereocenters. The Morgan fingerprint density at radius 3 is 1.90 bits per heavy atom. The van der Waals surface area contributed by atoms with Gasteiger partial charge >= 0.3 is 5.97 Å². The number of nitrogens with one attached hydrogen (secondary N) is 3. The molecule has 0 saturated carbocycles. The van der Waals surface area contributed by atoms with Crippen LogP contribution in [0.4, 0.5) is 0 Å². The average molecular weight is 734 g/mol. The molecule has 0 aromatic heterocycles. The van der Waals surface area contributed by atoms with E-state index in [4.69, 9.17) is 12.2 Å². The first kappa shape index (κ1) is 37.8. The number of likely N-dealkylation sites (tertiary alicyclic amines) is 1. The van der Waals surface area contributed by atoms with Gasteiger partial charge in [-0.1, -0.05) is 115 Å². The van der Waals surface area contributed by atoms with E-state index < -0.39 is 22.8 Å². The number of amides is 2. The van der Waals surface area contributed by atoms with Gasteiger partial charge in [0, 0.05) is 45.0 Å². The highest BCUT2D eigenvalue weighted by atomic mass is 32.2. The van der Waals surface area contributed by atoms with Crippen LogP contribution < -0.4 is 16.0 Å². The highest BCUT2D eigenvalue weighted by Gasteiger charge is 2.65. The van der Waals surface area contributed by atoms with Gasteiger partial charge in [0.05, 0.1) is 11.2 Å². The second-order valence-corrected chi connectivity index (χ2v) is 16.2. The quantitative estimate of drug-likeness (QED) is 0.110. The van der Waals surface area contributed by atoms with Gasteiger partial charge in [0.25, 0.3) is 0 Å². The Hall–Kier alpha value is -3.42. The first-order valence-corrected chi connectivity index (χ1v) is 19.5. The van der Waals surface area contributed by atoms with E-state index in [1.54, 1.807) is 0 Å². The Kier molecular flexibility index (Phi) is 14.2. The first-order valence-electron chi connectivity index (χ1n) is 17.2. The van der Waals surface area contributed by atoms with Crippen LogP contribution in [-0.4, -0.2) is 91.1 Å². The molecule has 9 nitrogen and oxygen atoms in total. The van der Waals surface area contributed by atoms with E-state index in [2.05, 4.69) is 69.4 Å². The molecule has 3 heterocycles. The van der Waals surface area contributed by atoms with Crippen LogP contribution in [0.3, 0.4) is 0 Å². The third-order valence-corrected chi connectivity index (χ3v) is 12.7. The topological polar surface area (TPSA) is 114 Å². The van der Waals surface area contributed by atoms with Gasteiger partial charge in [-0.25, -0.2) is 4.79 Å². The molecule has 3 fully saturated rings. The molecule has 50 heavy (non-hydrogen) atoms. The van der Waals surface area contributed by atoms with Crippen LogP contribution in [0.1, 0.15) is 42.9 Å². The van der Waals surface area contributed by atoms with Gasteiger partial charge in [-0.05, 0) is 42.9 Å². The zero-order chi connectivity index (χ0) is 35.3. The number of fused-ring (bicyclic) bond motifs is 1. The Bertz CT molecular complexity index is 1520. The summed E-state index contributed by atoms with van der Waals surface area (Å²) in [6, 6.07) is 28.6. The molecule has 3 aliphatic rings. The van der Waals surface area contributed by atoms with E-state index in [1.165, 1.54) is 46.0 Å². The van der Waals surface area contributed by atoms with Crippen LogP contribution in [-0.2, 0) is 33.9 Å². The summed E-state index contributed by atoms with van der Waals surface area (Å²) in [6.45, 7) is 7.63. The molecule has 3 saturated heterocycles. The minimum atomic E-state index is -1.02. The lowest BCUT2D eigenvalue weighted by atomic mass is 9.95. The predicted octanol–water partition coefficient (Wildman–Crippen LogP) is 4.91. The number of β-lactam (4-membered cyclic amide) rings is 1. The molecule has 3 aromatic rings. The lowest BCUT2D eigenvalue weighted by Gasteiger charge is -2.43. The van der Waals surface area contributed by atoms with E-state index in [-0.39, 0.29) is 23.6 Å². The Morgan fingerprint density at radius 1 is 0.860 bits per heavy atom. The van der Waals surface area contributed by atoms with E-state index in [0.717, 1.165) is 62.0 Å².